The Morgan fingerprint density at radius 3 is 2.53 bits per heavy atom. The average Bonchev–Trinajstić information content (AvgIpc) is 2.29. The fraction of sp³-hybridized carbons (Fsp3) is 0.200. The molecular formula is C10H10F4N4O. The van der Waals surface area contributed by atoms with Crippen molar-refractivity contribution in [3.63, 3.8) is 0 Å². The van der Waals surface area contributed by atoms with E-state index in [0.29, 0.717) is 0 Å². The number of hydrogen-bond donors (Lipinski definition) is 1. The average molecular weight is 278 g/mol. The molecule has 0 fully saturated rings. The van der Waals surface area contributed by atoms with Crippen LogP contribution in [0.5, 0.6) is 5.75 Å². The molecule has 0 radical (unpaired) electrons. The first-order valence-corrected chi connectivity index (χ1v) is 4.89. The second kappa shape index (κ2) is 6.03. The maximum atomic E-state index is 13.3. The Bertz CT molecular complexity index is 475. The van der Waals surface area contributed by atoms with Crippen LogP contribution in [0.2, 0.25) is 0 Å². The first-order valence-electron chi connectivity index (χ1n) is 4.89. The summed E-state index contributed by atoms with van der Waals surface area (Å²) in [5.41, 5.74) is 5.12. The monoisotopic (exact) mass is 278 g/mol. The van der Waals surface area contributed by atoms with Crippen molar-refractivity contribution in [2.24, 2.45) is 15.8 Å². The summed E-state index contributed by atoms with van der Waals surface area (Å²) in [4.78, 5) is 7.79. The molecule has 2 N–H and O–H groups in total. The lowest BCUT2D eigenvalue weighted by Crippen LogP contribution is -2.34. The number of nitrogens with two attached hydrogens (primary N) is 1. The van der Waals surface area contributed by atoms with E-state index >= 15 is 0 Å². The summed E-state index contributed by atoms with van der Waals surface area (Å²) >= 11 is 0. The zero-order valence-corrected chi connectivity index (χ0v) is 9.56. The lowest BCUT2D eigenvalue weighted by molar-refractivity contribution is -0.196. The van der Waals surface area contributed by atoms with Gasteiger partial charge in [-0.2, -0.15) is 13.2 Å². The number of hydrogen-bond acceptors (Lipinski definition) is 3. The van der Waals surface area contributed by atoms with Gasteiger partial charge in [-0.05, 0) is 18.9 Å². The molecule has 0 aromatic heterocycles. The van der Waals surface area contributed by atoms with Crippen LogP contribution in [0.1, 0.15) is 0 Å². The summed E-state index contributed by atoms with van der Waals surface area (Å²) in [6.45, 7) is 1.41. The number of rotatable bonds is 4. The highest BCUT2D eigenvalue weighted by molar-refractivity contribution is 5.81. The Kier molecular flexibility index (Phi) is 4.67. The second-order valence-electron chi connectivity index (χ2n) is 3.26. The van der Waals surface area contributed by atoms with Gasteiger partial charge in [0.15, 0.2) is 18.1 Å². The van der Waals surface area contributed by atoms with Crippen LogP contribution >= 0.6 is 0 Å². The molecule has 1 aromatic carbocycles. The minimum atomic E-state index is -4.61. The maximum Gasteiger partial charge on any atom is 0.411 e. The minimum Gasteiger partial charge on any atom is -0.366 e. The van der Waals surface area contributed by atoms with Gasteiger partial charge in [0, 0.05) is 0 Å². The summed E-state index contributed by atoms with van der Waals surface area (Å²) in [6, 6.07) is 4.92. The first-order chi connectivity index (χ1) is 8.81. The normalized spacial score (nSPS) is 12.1. The van der Waals surface area contributed by atoms with E-state index in [0.717, 1.165) is 12.1 Å². The van der Waals surface area contributed by atoms with E-state index in [1.165, 1.54) is 12.1 Å². The third-order valence-electron chi connectivity index (χ3n) is 1.73. The van der Waals surface area contributed by atoms with Crippen LogP contribution in [-0.4, -0.2) is 30.6 Å². The molecule has 0 aliphatic carbocycles. The Morgan fingerprint density at radius 2 is 2.00 bits per heavy atom. The van der Waals surface area contributed by atoms with Crippen molar-refractivity contribution >= 4 is 12.7 Å². The summed E-state index contributed by atoms with van der Waals surface area (Å²) in [5, 5.41) is 3.29. The van der Waals surface area contributed by atoms with Gasteiger partial charge in [0.05, 0.1) is 0 Å². The molecular weight excluding hydrogens is 268 g/mol. The lowest BCUT2D eigenvalue weighted by Gasteiger charge is -2.20. The zero-order chi connectivity index (χ0) is 14.5. The van der Waals surface area contributed by atoms with Gasteiger partial charge in [0.25, 0.3) is 0 Å². The topological polar surface area (TPSA) is 63.2 Å². The Balaban J connectivity index is 2.92. The van der Waals surface area contributed by atoms with Crippen LogP contribution in [0.3, 0.4) is 0 Å². The number of guanidine groups is 1. The molecule has 0 aliphatic heterocycles. The van der Waals surface area contributed by atoms with Crippen LogP contribution in [0.4, 0.5) is 17.6 Å². The minimum absolute atomic E-state index is 0.0857. The standard InChI is InChI=1S/C10H10F4N4O/c1-16-9(15)17-18(6-10(12,13)14)19-8-5-3-2-4-7(8)11/h2-5H,1,6H2,(H2,15,17). The van der Waals surface area contributed by atoms with Crippen molar-refractivity contribution in [3.05, 3.63) is 30.1 Å². The van der Waals surface area contributed by atoms with Crippen molar-refractivity contribution in [3.8, 4) is 5.75 Å². The predicted octanol–water partition coefficient (Wildman–Crippen LogP) is 1.91. The molecule has 0 saturated heterocycles. The molecule has 0 atom stereocenters. The van der Waals surface area contributed by atoms with Crippen molar-refractivity contribution in [2.75, 3.05) is 6.54 Å². The summed E-state index contributed by atoms with van der Waals surface area (Å²) in [6.07, 6.45) is -4.61. The van der Waals surface area contributed by atoms with Crippen molar-refractivity contribution in [1.29, 1.82) is 0 Å². The van der Waals surface area contributed by atoms with Gasteiger partial charge in [-0.1, -0.05) is 12.1 Å². The van der Waals surface area contributed by atoms with Gasteiger partial charge < -0.3 is 10.6 Å². The molecule has 0 saturated carbocycles. The van der Waals surface area contributed by atoms with Crippen molar-refractivity contribution in [1.82, 2.24) is 5.17 Å². The molecule has 0 unspecified atom stereocenters. The second-order valence-corrected chi connectivity index (χ2v) is 3.26. The molecule has 0 aliphatic rings. The highest BCUT2D eigenvalue weighted by atomic mass is 19.4. The van der Waals surface area contributed by atoms with Gasteiger partial charge in [-0.3, -0.25) is 0 Å². The molecule has 0 amide bonds. The molecule has 104 valence electrons. The summed E-state index contributed by atoms with van der Waals surface area (Å²) < 4.78 is 50.1. The quantitative estimate of drug-likeness (QED) is 0.396. The molecule has 0 bridgehead atoms. The number of alkyl halides is 3. The van der Waals surface area contributed by atoms with Gasteiger partial charge in [0.1, 0.15) is 0 Å². The highest BCUT2D eigenvalue weighted by Gasteiger charge is 2.32. The molecule has 1 rings (SSSR count). The fourth-order valence-electron chi connectivity index (χ4n) is 1.02. The van der Waals surface area contributed by atoms with Gasteiger partial charge >= 0.3 is 6.18 Å². The summed E-state index contributed by atoms with van der Waals surface area (Å²) in [5.74, 6) is -1.80. The molecule has 19 heavy (non-hydrogen) atoms. The van der Waals surface area contributed by atoms with Crippen LogP contribution in [-0.2, 0) is 0 Å². The van der Waals surface area contributed by atoms with E-state index in [9.17, 15) is 17.6 Å². The number of para-hydroxylation sites is 1. The SMILES string of the molecule is C=N/C(N)=N\N(CC(F)(F)F)Oc1ccccc1F. The van der Waals surface area contributed by atoms with E-state index < -0.39 is 30.2 Å². The molecule has 0 heterocycles. The lowest BCUT2D eigenvalue weighted by atomic mass is 10.3. The Morgan fingerprint density at radius 1 is 1.37 bits per heavy atom. The molecule has 0 spiro atoms. The smallest absolute Gasteiger partial charge is 0.366 e. The zero-order valence-electron chi connectivity index (χ0n) is 9.56. The van der Waals surface area contributed by atoms with Crippen LogP contribution in [0.25, 0.3) is 0 Å². The predicted molar refractivity (Wildman–Crippen MR) is 61.0 cm³/mol. The Hall–Kier alpha value is -2.32. The summed E-state index contributed by atoms with van der Waals surface area (Å²) in [7, 11) is 0. The van der Waals surface area contributed by atoms with Crippen LogP contribution < -0.4 is 10.6 Å². The maximum absolute atomic E-state index is 13.3. The third-order valence-corrected chi connectivity index (χ3v) is 1.73. The molecule has 1 aromatic rings. The van der Waals surface area contributed by atoms with Crippen LogP contribution in [0, 0.1) is 5.82 Å². The van der Waals surface area contributed by atoms with E-state index in [4.69, 9.17) is 5.73 Å². The van der Waals surface area contributed by atoms with Gasteiger partial charge in [-0.15, -0.1) is 10.3 Å². The van der Waals surface area contributed by atoms with Crippen LogP contribution in [0.15, 0.2) is 34.4 Å². The number of hydroxylamine groups is 1. The number of nitrogens with zero attached hydrogens (tertiary/aromatic N) is 3. The molecule has 9 heteroatoms. The van der Waals surface area contributed by atoms with Crippen molar-refractivity contribution in [2.45, 2.75) is 6.18 Å². The van der Waals surface area contributed by atoms with Gasteiger partial charge in [-0.25, -0.2) is 9.38 Å². The third kappa shape index (κ3) is 5.23. The van der Waals surface area contributed by atoms with E-state index in [-0.39, 0.29) is 5.17 Å². The van der Waals surface area contributed by atoms with Crippen molar-refractivity contribution < 1.29 is 22.4 Å². The Labute approximate surface area is 105 Å². The first kappa shape index (κ1) is 14.7. The highest BCUT2D eigenvalue weighted by Crippen LogP contribution is 2.21. The van der Waals surface area contributed by atoms with E-state index in [1.54, 1.807) is 0 Å². The van der Waals surface area contributed by atoms with E-state index in [2.05, 4.69) is 21.6 Å². The number of halogens is 4. The van der Waals surface area contributed by atoms with E-state index in [1.807, 2.05) is 0 Å². The fourth-order valence-corrected chi connectivity index (χ4v) is 1.02. The number of hydrazone groups is 1. The largest absolute Gasteiger partial charge is 0.411 e. The van der Waals surface area contributed by atoms with Gasteiger partial charge in [0.2, 0.25) is 5.96 Å². The number of aliphatic imine (C=N–C) groups is 1. The number of benzene rings is 1. The molecule has 5 nitrogen and oxygen atoms in total.